The number of nitrogens with one attached hydrogen (secondary N) is 1. The Bertz CT molecular complexity index is 1210. The maximum atomic E-state index is 12.4. The van der Waals surface area contributed by atoms with Crippen LogP contribution in [0.2, 0.25) is 0 Å². The Morgan fingerprint density at radius 1 is 1.00 bits per heavy atom. The SMILES string of the molecule is CC(C)(CC(=O)c1ccc(-c2ccc(Nc3nc4ccccc4s3)cc2)cn1)C(=O)O. The summed E-state index contributed by atoms with van der Waals surface area (Å²) in [4.78, 5) is 32.4. The summed E-state index contributed by atoms with van der Waals surface area (Å²) in [5, 5.41) is 13.4. The lowest BCUT2D eigenvalue weighted by Crippen LogP contribution is -2.27. The van der Waals surface area contributed by atoms with Gasteiger partial charge in [-0.3, -0.25) is 14.6 Å². The lowest BCUT2D eigenvalue weighted by molar-refractivity contribution is -0.146. The molecule has 31 heavy (non-hydrogen) atoms. The van der Waals surface area contributed by atoms with Gasteiger partial charge in [-0.2, -0.15) is 0 Å². The van der Waals surface area contributed by atoms with Crippen LogP contribution < -0.4 is 5.32 Å². The number of pyridine rings is 1. The van der Waals surface area contributed by atoms with Crippen LogP contribution in [0.5, 0.6) is 0 Å². The molecule has 0 amide bonds. The molecule has 2 N–H and O–H groups in total. The summed E-state index contributed by atoms with van der Waals surface area (Å²) in [5.74, 6) is -1.29. The van der Waals surface area contributed by atoms with Crippen LogP contribution in [-0.2, 0) is 4.79 Å². The molecule has 6 nitrogen and oxygen atoms in total. The number of fused-ring (bicyclic) bond motifs is 1. The second-order valence-electron chi connectivity index (χ2n) is 7.91. The van der Waals surface area contributed by atoms with E-state index in [1.54, 1.807) is 23.6 Å². The lowest BCUT2D eigenvalue weighted by Gasteiger charge is -2.17. The van der Waals surface area contributed by atoms with Gasteiger partial charge in [0.15, 0.2) is 10.9 Å². The molecular formula is C24H21N3O3S. The van der Waals surface area contributed by atoms with Crippen LogP contribution in [0.1, 0.15) is 30.8 Å². The third kappa shape index (κ3) is 4.62. The predicted octanol–water partition coefficient (Wildman–Crippen LogP) is 5.79. The van der Waals surface area contributed by atoms with Crippen LogP contribution in [0, 0.1) is 5.41 Å². The third-order valence-electron chi connectivity index (χ3n) is 4.99. The Balaban J connectivity index is 1.45. The Labute approximate surface area is 183 Å². The van der Waals surface area contributed by atoms with Crippen molar-refractivity contribution in [3.8, 4) is 11.1 Å². The van der Waals surface area contributed by atoms with Crippen LogP contribution >= 0.6 is 11.3 Å². The number of hydrogen-bond acceptors (Lipinski definition) is 6. The summed E-state index contributed by atoms with van der Waals surface area (Å²) in [6.45, 7) is 3.07. The van der Waals surface area contributed by atoms with Crippen molar-refractivity contribution in [3.05, 3.63) is 72.6 Å². The fourth-order valence-electron chi connectivity index (χ4n) is 3.09. The minimum absolute atomic E-state index is 0.0964. The molecule has 0 aliphatic heterocycles. The summed E-state index contributed by atoms with van der Waals surface area (Å²) < 4.78 is 1.13. The molecule has 2 aromatic heterocycles. The summed E-state index contributed by atoms with van der Waals surface area (Å²) in [6, 6.07) is 19.4. The number of hydrogen-bond donors (Lipinski definition) is 2. The van der Waals surface area contributed by atoms with Crippen LogP contribution in [-0.4, -0.2) is 26.8 Å². The van der Waals surface area contributed by atoms with Gasteiger partial charge in [0.25, 0.3) is 0 Å². The van der Waals surface area contributed by atoms with Crippen molar-refractivity contribution < 1.29 is 14.7 Å². The lowest BCUT2D eigenvalue weighted by atomic mass is 9.86. The molecule has 156 valence electrons. The van der Waals surface area contributed by atoms with E-state index in [0.717, 1.165) is 32.2 Å². The number of carbonyl (C=O) groups is 2. The first-order chi connectivity index (χ1) is 14.8. The number of rotatable bonds is 7. The zero-order valence-corrected chi connectivity index (χ0v) is 17.9. The van der Waals surface area contributed by atoms with Crippen molar-refractivity contribution in [1.29, 1.82) is 0 Å². The summed E-state index contributed by atoms with van der Waals surface area (Å²) >= 11 is 1.60. The van der Waals surface area contributed by atoms with Crippen molar-refractivity contribution in [1.82, 2.24) is 9.97 Å². The molecule has 0 fully saturated rings. The van der Waals surface area contributed by atoms with E-state index in [1.165, 1.54) is 13.8 Å². The highest BCUT2D eigenvalue weighted by molar-refractivity contribution is 7.22. The van der Waals surface area contributed by atoms with Crippen LogP contribution in [0.4, 0.5) is 10.8 Å². The van der Waals surface area contributed by atoms with Gasteiger partial charge in [-0.1, -0.05) is 41.7 Å². The average molecular weight is 432 g/mol. The van der Waals surface area contributed by atoms with E-state index >= 15 is 0 Å². The number of nitrogens with zero attached hydrogens (tertiary/aromatic N) is 2. The van der Waals surface area contributed by atoms with E-state index in [2.05, 4.69) is 15.3 Å². The molecule has 7 heteroatoms. The molecule has 0 saturated carbocycles. The molecule has 4 aromatic rings. The van der Waals surface area contributed by atoms with Gasteiger partial charge in [-0.15, -0.1) is 0 Å². The number of carboxylic acid groups (broad SMARTS) is 1. The number of ketones is 1. The highest BCUT2D eigenvalue weighted by Crippen LogP contribution is 2.29. The number of aliphatic carboxylic acids is 1. The van der Waals surface area contributed by atoms with E-state index in [1.807, 2.05) is 54.6 Å². The number of Topliss-reactive ketones (excluding diaryl/α,β-unsaturated/α-hetero) is 1. The van der Waals surface area contributed by atoms with Crippen molar-refractivity contribution >= 4 is 44.1 Å². The highest BCUT2D eigenvalue weighted by Gasteiger charge is 2.30. The van der Waals surface area contributed by atoms with Gasteiger partial charge in [-0.25, -0.2) is 4.98 Å². The zero-order valence-electron chi connectivity index (χ0n) is 17.1. The standard InChI is InChI=1S/C24H21N3O3S/c1-24(2,22(29)30)13-20(28)18-12-9-16(14-25-18)15-7-10-17(11-8-15)26-23-27-19-5-3-4-6-21(19)31-23/h3-12,14H,13H2,1-2H3,(H,26,27)(H,29,30). The first-order valence-electron chi connectivity index (χ1n) is 9.77. The van der Waals surface area contributed by atoms with E-state index in [4.69, 9.17) is 0 Å². The Hall–Kier alpha value is -3.58. The average Bonchev–Trinajstić information content (AvgIpc) is 3.16. The quantitative estimate of drug-likeness (QED) is 0.360. The highest BCUT2D eigenvalue weighted by atomic mass is 32.1. The molecule has 0 bridgehead atoms. The van der Waals surface area contributed by atoms with E-state index in [0.29, 0.717) is 0 Å². The van der Waals surface area contributed by atoms with Crippen molar-refractivity contribution in [2.75, 3.05) is 5.32 Å². The van der Waals surface area contributed by atoms with Gasteiger partial charge in [0, 0.05) is 23.9 Å². The molecule has 2 heterocycles. The predicted molar refractivity (Wildman–Crippen MR) is 123 cm³/mol. The number of thiazole rings is 1. The second kappa shape index (κ2) is 8.28. The maximum absolute atomic E-state index is 12.4. The van der Waals surface area contributed by atoms with Gasteiger partial charge < -0.3 is 10.4 Å². The number of carbonyl (C=O) groups excluding carboxylic acids is 1. The minimum Gasteiger partial charge on any atom is -0.481 e. The Morgan fingerprint density at radius 3 is 2.35 bits per heavy atom. The Morgan fingerprint density at radius 2 is 1.71 bits per heavy atom. The van der Waals surface area contributed by atoms with Gasteiger partial charge >= 0.3 is 5.97 Å². The topological polar surface area (TPSA) is 92.2 Å². The van der Waals surface area contributed by atoms with E-state index in [-0.39, 0.29) is 17.9 Å². The Kier molecular flexibility index (Phi) is 5.52. The normalized spacial score (nSPS) is 11.4. The molecule has 2 aromatic carbocycles. The zero-order chi connectivity index (χ0) is 22.0. The molecule has 0 aliphatic rings. The van der Waals surface area contributed by atoms with Gasteiger partial charge in [0.05, 0.1) is 15.6 Å². The fourth-order valence-corrected chi connectivity index (χ4v) is 3.98. The molecule has 0 unspecified atom stereocenters. The molecule has 0 spiro atoms. The van der Waals surface area contributed by atoms with Crippen LogP contribution in [0.3, 0.4) is 0 Å². The first kappa shape index (κ1) is 20.7. The van der Waals surface area contributed by atoms with Crippen LogP contribution in [0.25, 0.3) is 21.3 Å². The maximum Gasteiger partial charge on any atom is 0.309 e. The van der Waals surface area contributed by atoms with Gasteiger partial charge in [0.1, 0.15) is 5.69 Å². The largest absolute Gasteiger partial charge is 0.481 e. The summed E-state index contributed by atoms with van der Waals surface area (Å²) in [7, 11) is 0. The molecule has 0 aliphatic carbocycles. The number of anilines is 2. The second-order valence-corrected chi connectivity index (χ2v) is 8.94. The molecule has 4 rings (SSSR count). The smallest absolute Gasteiger partial charge is 0.309 e. The van der Waals surface area contributed by atoms with Gasteiger partial charge in [0.2, 0.25) is 0 Å². The molecule has 0 radical (unpaired) electrons. The summed E-state index contributed by atoms with van der Waals surface area (Å²) in [5.41, 5.74) is 2.89. The van der Waals surface area contributed by atoms with Crippen molar-refractivity contribution in [2.24, 2.45) is 5.41 Å². The van der Waals surface area contributed by atoms with E-state index in [9.17, 15) is 14.7 Å². The number of carboxylic acids is 1. The third-order valence-corrected chi connectivity index (χ3v) is 5.95. The minimum atomic E-state index is -1.12. The summed E-state index contributed by atoms with van der Waals surface area (Å²) in [6.07, 6.45) is 1.54. The fraction of sp³-hybridized carbons (Fsp3) is 0.167. The molecular weight excluding hydrogens is 410 g/mol. The van der Waals surface area contributed by atoms with Crippen molar-refractivity contribution in [2.45, 2.75) is 20.3 Å². The first-order valence-corrected chi connectivity index (χ1v) is 10.6. The van der Waals surface area contributed by atoms with Gasteiger partial charge in [-0.05, 0) is 49.7 Å². The molecule has 0 saturated heterocycles. The van der Waals surface area contributed by atoms with Crippen LogP contribution in [0.15, 0.2) is 66.9 Å². The molecule has 0 atom stereocenters. The van der Waals surface area contributed by atoms with E-state index < -0.39 is 11.4 Å². The number of benzene rings is 2. The monoisotopic (exact) mass is 431 g/mol. The number of aromatic nitrogens is 2. The number of para-hydroxylation sites is 1. The van der Waals surface area contributed by atoms with Crippen molar-refractivity contribution in [3.63, 3.8) is 0 Å².